The summed E-state index contributed by atoms with van der Waals surface area (Å²) >= 11 is 0. The van der Waals surface area contributed by atoms with E-state index in [1.54, 1.807) is 12.0 Å². The Bertz CT molecular complexity index is 985. The van der Waals surface area contributed by atoms with Gasteiger partial charge in [-0.15, -0.1) is 0 Å². The molecule has 4 aliphatic rings. The predicted molar refractivity (Wildman–Crippen MR) is 109 cm³/mol. The van der Waals surface area contributed by atoms with Crippen LogP contribution in [-0.4, -0.2) is 47.1 Å². The minimum atomic E-state index is -1.55. The molecule has 0 aromatic heterocycles. The summed E-state index contributed by atoms with van der Waals surface area (Å²) < 4.78 is 11.4. The predicted octanol–water partition coefficient (Wildman–Crippen LogP) is 2.98. The van der Waals surface area contributed by atoms with Crippen LogP contribution < -0.4 is 9.47 Å². The van der Waals surface area contributed by atoms with Crippen molar-refractivity contribution in [3.05, 3.63) is 59.7 Å². The van der Waals surface area contributed by atoms with Crippen molar-refractivity contribution < 1.29 is 23.9 Å². The molecule has 0 saturated carbocycles. The Morgan fingerprint density at radius 1 is 1.07 bits per heavy atom. The Morgan fingerprint density at radius 3 is 2.55 bits per heavy atom. The standard InChI is InChI=1S/C20H18N2O5S2/c1-25-13-9-7-12(8-10-13)11-21-18-17(23)22(26-2)20(19(21)24)16(28-29-18)14-5-3-4-6-15(14)27-20/h3-10,16,18H,11H2,1-2H3/t16-,18+,20-/m1/s1. The van der Waals surface area contributed by atoms with Crippen LogP contribution in [0.3, 0.4) is 0 Å². The number of hydrogen-bond acceptors (Lipinski definition) is 7. The number of hydrogen-bond donors (Lipinski definition) is 0. The van der Waals surface area contributed by atoms with Gasteiger partial charge in [-0.3, -0.25) is 14.4 Å². The minimum Gasteiger partial charge on any atom is -0.497 e. The lowest BCUT2D eigenvalue weighted by Gasteiger charge is -2.46. The van der Waals surface area contributed by atoms with E-state index in [4.69, 9.17) is 14.3 Å². The van der Waals surface area contributed by atoms with E-state index in [9.17, 15) is 9.59 Å². The smallest absolute Gasteiger partial charge is 0.303 e. The molecule has 1 spiro atoms. The molecule has 0 radical (unpaired) electrons. The number of ether oxygens (including phenoxy) is 2. The largest absolute Gasteiger partial charge is 0.497 e. The van der Waals surface area contributed by atoms with Crippen LogP contribution in [0.4, 0.5) is 0 Å². The summed E-state index contributed by atoms with van der Waals surface area (Å²) in [5.41, 5.74) is 0.241. The molecular formula is C20H18N2O5S2. The third-order valence-corrected chi connectivity index (χ3v) is 8.30. The van der Waals surface area contributed by atoms with Gasteiger partial charge in [0.25, 0.3) is 11.8 Å². The van der Waals surface area contributed by atoms with Crippen molar-refractivity contribution in [3.63, 3.8) is 0 Å². The number of piperazine rings is 1. The molecule has 2 aromatic rings. The van der Waals surface area contributed by atoms with Gasteiger partial charge in [-0.2, -0.15) is 5.06 Å². The van der Waals surface area contributed by atoms with E-state index in [-0.39, 0.29) is 17.1 Å². The SMILES string of the molecule is COc1ccc(CN2C(=O)[C@]34Oc5ccccc5[C@H]3SS[C@H]2C(=O)N4OC)cc1. The first-order valence-corrected chi connectivity index (χ1v) is 11.3. The van der Waals surface area contributed by atoms with E-state index in [2.05, 4.69) is 0 Å². The second-order valence-corrected chi connectivity index (χ2v) is 9.32. The molecule has 0 unspecified atom stereocenters. The Morgan fingerprint density at radius 2 is 1.83 bits per heavy atom. The fourth-order valence-corrected chi connectivity index (χ4v) is 7.20. The van der Waals surface area contributed by atoms with Gasteiger partial charge < -0.3 is 14.4 Å². The maximum Gasteiger partial charge on any atom is 0.303 e. The number of para-hydroxylation sites is 1. The quantitative estimate of drug-likeness (QED) is 0.691. The minimum absolute atomic E-state index is 0.279. The van der Waals surface area contributed by atoms with Crippen molar-refractivity contribution in [3.8, 4) is 11.5 Å². The fraction of sp³-hybridized carbons (Fsp3) is 0.300. The highest BCUT2D eigenvalue weighted by Gasteiger charge is 2.70. The molecule has 6 rings (SSSR count). The molecule has 2 bridgehead atoms. The summed E-state index contributed by atoms with van der Waals surface area (Å²) in [4.78, 5) is 34.1. The molecule has 4 heterocycles. The third-order valence-electron chi connectivity index (χ3n) is 5.32. The molecule has 7 nitrogen and oxygen atoms in total. The van der Waals surface area contributed by atoms with Crippen LogP contribution in [0.25, 0.3) is 0 Å². The topological polar surface area (TPSA) is 68.3 Å². The Hall–Kier alpha value is -2.36. The molecule has 3 saturated heterocycles. The number of carbonyl (C=O) groups is 2. The van der Waals surface area contributed by atoms with Crippen molar-refractivity contribution in [2.75, 3.05) is 14.2 Å². The summed E-state index contributed by atoms with van der Waals surface area (Å²) in [6.45, 7) is 0.290. The summed E-state index contributed by atoms with van der Waals surface area (Å²) in [5, 5.41) is 0.0508. The summed E-state index contributed by atoms with van der Waals surface area (Å²) in [5.74, 6) is 0.752. The van der Waals surface area contributed by atoms with Crippen molar-refractivity contribution in [2.45, 2.75) is 22.9 Å². The summed E-state index contributed by atoms with van der Waals surface area (Å²) in [6, 6.07) is 15.0. The van der Waals surface area contributed by atoms with Gasteiger partial charge in [0.2, 0.25) is 0 Å². The van der Waals surface area contributed by atoms with Gasteiger partial charge in [0.15, 0.2) is 5.37 Å². The highest BCUT2D eigenvalue weighted by Crippen LogP contribution is 2.62. The van der Waals surface area contributed by atoms with Crippen LogP contribution in [0.15, 0.2) is 48.5 Å². The van der Waals surface area contributed by atoms with Crippen molar-refractivity contribution in [1.29, 1.82) is 0 Å². The highest BCUT2D eigenvalue weighted by atomic mass is 33.1. The van der Waals surface area contributed by atoms with E-state index >= 15 is 0 Å². The van der Waals surface area contributed by atoms with Crippen molar-refractivity contribution in [1.82, 2.24) is 9.96 Å². The van der Waals surface area contributed by atoms with Crippen LogP contribution in [0.5, 0.6) is 11.5 Å². The number of fused-ring (bicyclic) bond motifs is 4. The van der Waals surface area contributed by atoms with Crippen molar-refractivity contribution in [2.24, 2.45) is 0 Å². The van der Waals surface area contributed by atoms with Gasteiger partial charge >= 0.3 is 5.72 Å². The molecule has 2 aromatic carbocycles. The molecule has 0 N–H and O–H groups in total. The Kier molecular flexibility index (Phi) is 4.41. The summed E-state index contributed by atoms with van der Waals surface area (Å²) in [7, 11) is 5.85. The number of hydroxylamine groups is 2. The third kappa shape index (κ3) is 2.57. The fourth-order valence-electron chi connectivity index (χ4n) is 3.95. The number of nitrogens with zero attached hydrogens (tertiary/aromatic N) is 2. The number of amides is 2. The normalized spacial score (nSPS) is 27.4. The summed E-state index contributed by atoms with van der Waals surface area (Å²) in [6.07, 6.45) is 0. The van der Waals surface area contributed by atoms with E-state index in [1.807, 2.05) is 48.5 Å². The van der Waals surface area contributed by atoms with Gasteiger partial charge in [0.1, 0.15) is 16.7 Å². The van der Waals surface area contributed by atoms with Gasteiger partial charge in [-0.1, -0.05) is 51.9 Å². The van der Waals surface area contributed by atoms with E-state index in [1.165, 1.54) is 28.7 Å². The zero-order valence-corrected chi connectivity index (χ0v) is 17.4. The maximum atomic E-state index is 13.8. The highest BCUT2D eigenvalue weighted by molar-refractivity contribution is 8.77. The zero-order chi connectivity index (χ0) is 20.2. The average Bonchev–Trinajstić information content (AvgIpc) is 2.95. The first-order valence-electron chi connectivity index (χ1n) is 9.02. The molecular weight excluding hydrogens is 412 g/mol. The molecule has 4 aliphatic heterocycles. The second kappa shape index (κ2) is 6.86. The van der Waals surface area contributed by atoms with E-state index in [0.29, 0.717) is 12.3 Å². The van der Waals surface area contributed by atoms with E-state index < -0.39 is 11.1 Å². The molecule has 150 valence electrons. The van der Waals surface area contributed by atoms with E-state index in [0.717, 1.165) is 21.9 Å². The van der Waals surface area contributed by atoms with Gasteiger partial charge in [-0.25, -0.2) is 0 Å². The van der Waals surface area contributed by atoms with Gasteiger partial charge in [-0.05, 0) is 23.8 Å². The first-order chi connectivity index (χ1) is 14.1. The Labute approximate surface area is 175 Å². The number of rotatable bonds is 4. The molecule has 3 atom stereocenters. The second-order valence-electron chi connectivity index (χ2n) is 6.86. The van der Waals surface area contributed by atoms with Crippen LogP contribution in [0, 0.1) is 0 Å². The molecule has 0 aliphatic carbocycles. The van der Waals surface area contributed by atoms with Crippen LogP contribution in [0.2, 0.25) is 0 Å². The Balaban J connectivity index is 1.57. The zero-order valence-electron chi connectivity index (χ0n) is 15.7. The number of carbonyl (C=O) groups excluding carboxylic acids is 2. The number of methoxy groups -OCH3 is 1. The van der Waals surface area contributed by atoms with Crippen molar-refractivity contribution >= 4 is 33.4 Å². The maximum absolute atomic E-state index is 13.8. The lowest BCUT2D eigenvalue weighted by Crippen LogP contribution is -2.71. The van der Waals surface area contributed by atoms with Crippen LogP contribution in [0.1, 0.15) is 16.4 Å². The number of benzene rings is 2. The first kappa shape index (κ1) is 18.7. The molecule has 3 fully saturated rings. The van der Waals surface area contributed by atoms with Gasteiger partial charge in [0, 0.05) is 12.1 Å². The van der Waals surface area contributed by atoms with Gasteiger partial charge in [0.05, 0.1) is 14.2 Å². The monoisotopic (exact) mass is 430 g/mol. The average molecular weight is 431 g/mol. The van der Waals surface area contributed by atoms with Crippen LogP contribution in [-0.2, 0) is 21.0 Å². The molecule has 9 heteroatoms. The molecule has 2 amide bonds. The molecule has 29 heavy (non-hydrogen) atoms. The lowest BCUT2D eigenvalue weighted by molar-refractivity contribution is -0.261. The lowest BCUT2D eigenvalue weighted by atomic mass is 9.99. The van der Waals surface area contributed by atoms with Crippen LogP contribution >= 0.6 is 21.6 Å².